The van der Waals surface area contributed by atoms with Crippen LogP contribution >= 0.6 is 0 Å². The molecule has 0 unspecified atom stereocenters. The van der Waals surface area contributed by atoms with E-state index in [0.717, 1.165) is 5.75 Å². The van der Waals surface area contributed by atoms with Crippen LogP contribution in [0.2, 0.25) is 0 Å². The van der Waals surface area contributed by atoms with Crippen molar-refractivity contribution < 1.29 is 13.2 Å². The number of para-hydroxylation sites is 3. The molecule has 0 atom stereocenters. The van der Waals surface area contributed by atoms with Crippen LogP contribution in [0, 0.1) is 0 Å². The molecule has 34 heavy (non-hydrogen) atoms. The lowest BCUT2D eigenvalue weighted by atomic mass is 10.2. The van der Waals surface area contributed by atoms with E-state index >= 15 is 0 Å². The molecule has 168 valence electrons. The minimum Gasteiger partial charge on any atom is -0.457 e. The van der Waals surface area contributed by atoms with Crippen molar-refractivity contribution in [3.8, 4) is 11.5 Å². The van der Waals surface area contributed by atoms with Crippen LogP contribution in [0.15, 0.2) is 114 Å². The first-order valence-electron chi connectivity index (χ1n) is 10.7. The van der Waals surface area contributed by atoms with E-state index < -0.39 is 9.84 Å². The van der Waals surface area contributed by atoms with Crippen molar-refractivity contribution in [2.75, 3.05) is 5.32 Å². The van der Waals surface area contributed by atoms with Crippen molar-refractivity contribution in [3.63, 3.8) is 0 Å². The highest BCUT2D eigenvalue weighted by Crippen LogP contribution is 2.28. The maximum absolute atomic E-state index is 13.1. The predicted molar refractivity (Wildman–Crippen MR) is 133 cm³/mol. The molecule has 7 heteroatoms. The molecule has 0 aliphatic rings. The van der Waals surface area contributed by atoms with Gasteiger partial charge in [-0.05, 0) is 48.5 Å². The quantitative estimate of drug-likeness (QED) is 0.310. The fourth-order valence-electron chi connectivity index (χ4n) is 3.53. The Morgan fingerprint density at radius 1 is 0.676 bits per heavy atom. The van der Waals surface area contributed by atoms with E-state index in [0.29, 0.717) is 34.0 Å². The molecule has 4 aromatic carbocycles. The van der Waals surface area contributed by atoms with Crippen LogP contribution in [-0.4, -0.2) is 18.4 Å². The first kappa shape index (κ1) is 21.6. The molecule has 5 rings (SSSR count). The molecular weight excluding hydrogens is 446 g/mol. The average molecular weight is 468 g/mol. The second-order valence-corrected chi connectivity index (χ2v) is 9.64. The molecular formula is C27H21N3O3S. The number of nitrogens with one attached hydrogen (secondary N) is 1. The van der Waals surface area contributed by atoms with Gasteiger partial charge in [0.1, 0.15) is 17.3 Å². The van der Waals surface area contributed by atoms with Gasteiger partial charge in [-0.15, -0.1) is 0 Å². The number of nitrogens with zero attached hydrogens (tertiary/aromatic N) is 2. The second kappa shape index (κ2) is 9.33. The Labute approximate surface area is 197 Å². The number of sulfone groups is 1. The Kier molecular flexibility index (Phi) is 5.93. The van der Waals surface area contributed by atoms with Crippen molar-refractivity contribution in [3.05, 3.63) is 115 Å². The van der Waals surface area contributed by atoms with Crippen molar-refractivity contribution in [2.24, 2.45) is 0 Å². The van der Waals surface area contributed by atoms with Gasteiger partial charge in [0.25, 0.3) is 0 Å². The summed E-state index contributed by atoms with van der Waals surface area (Å²) in [5.41, 5.74) is 2.35. The maximum Gasteiger partial charge on any atom is 0.184 e. The summed E-state index contributed by atoms with van der Waals surface area (Å²) in [6.45, 7) is 0. The van der Waals surface area contributed by atoms with Crippen molar-refractivity contribution >= 4 is 32.4 Å². The Morgan fingerprint density at radius 3 is 2.03 bits per heavy atom. The lowest BCUT2D eigenvalue weighted by Crippen LogP contribution is -2.10. The normalized spacial score (nSPS) is 11.3. The average Bonchev–Trinajstić information content (AvgIpc) is 2.86. The van der Waals surface area contributed by atoms with Crippen LogP contribution < -0.4 is 10.1 Å². The molecule has 0 aliphatic carbocycles. The van der Waals surface area contributed by atoms with Gasteiger partial charge in [0.05, 0.1) is 21.6 Å². The summed E-state index contributed by atoms with van der Waals surface area (Å²) in [4.78, 5) is 9.56. The predicted octanol–water partition coefficient (Wildman–Crippen LogP) is 6.14. The SMILES string of the molecule is O=S(=O)(Cc1nc2ccccc2nc1Nc1cccc(Oc2ccccc2)c1)c1ccccc1. The third kappa shape index (κ3) is 4.89. The maximum atomic E-state index is 13.1. The van der Waals surface area contributed by atoms with Gasteiger partial charge in [-0.25, -0.2) is 18.4 Å². The van der Waals surface area contributed by atoms with Crippen LogP contribution in [0.4, 0.5) is 11.5 Å². The molecule has 0 fully saturated rings. The molecule has 0 saturated heterocycles. The number of anilines is 2. The molecule has 0 amide bonds. The van der Waals surface area contributed by atoms with E-state index in [2.05, 4.69) is 15.3 Å². The van der Waals surface area contributed by atoms with E-state index in [1.165, 1.54) is 0 Å². The van der Waals surface area contributed by atoms with Crippen LogP contribution in [-0.2, 0) is 15.6 Å². The van der Waals surface area contributed by atoms with Gasteiger partial charge in [-0.2, -0.15) is 0 Å². The molecule has 1 N–H and O–H groups in total. The molecule has 6 nitrogen and oxygen atoms in total. The molecule has 0 spiro atoms. The topological polar surface area (TPSA) is 81.2 Å². The van der Waals surface area contributed by atoms with E-state index in [9.17, 15) is 8.42 Å². The van der Waals surface area contributed by atoms with E-state index in [1.807, 2.05) is 78.9 Å². The Balaban J connectivity index is 1.50. The number of aromatic nitrogens is 2. The summed E-state index contributed by atoms with van der Waals surface area (Å²) < 4.78 is 32.1. The van der Waals surface area contributed by atoms with Gasteiger partial charge in [0.2, 0.25) is 0 Å². The van der Waals surface area contributed by atoms with Crippen molar-refractivity contribution in [1.82, 2.24) is 9.97 Å². The summed E-state index contributed by atoms with van der Waals surface area (Å²) in [5, 5.41) is 3.25. The Morgan fingerprint density at radius 2 is 1.29 bits per heavy atom. The van der Waals surface area contributed by atoms with Crippen molar-refractivity contribution in [1.29, 1.82) is 0 Å². The number of fused-ring (bicyclic) bond motifs is 1. The first-order valence-corrected chi connectivity index (χ1v) is 12.4. The van der Waals surface area contributed by atoms with Crippen LogP contribution in [0.1, 0.15) is 5.69 Å². The molecule has 1 heterocycles. The van der Waals surface area contributed by atoms with E-state index in [-0.39, 0.29) is 10.6 Å². The third-order valence-electron chi connectivity index (χ3n) is 5.15. The summed E-state index contributed by atoms with van der Waals surface area (Å²) >= 11 is 0. The first-order chi connectivity index (χ1) is 16.6. The van der Waals surface area contributed by atoms with Gasteiger partial charge in [0.15, 0.2) is 15.7 Å². The smallest absolute Gasteiger partial charge is 0.184 e. The third-order valence-corrected chi connectivity index (χ3v) is 6.79. The van der Waals surface area contributed by atoms with Crippen molar-refractivity contribution in [2.45, 2.75) is 10.6 Å². The molecule has 0 bridgehead atoms. The second-order valence-electron chi connectivity index (χ2n) is 7.65. The van der Waals surface area contributed by atoms with E-state index in [1.54, 1.807) is 30.3 Å². The zero-order valence-electron chi connectivity index (χ0n) is 18.1. The highest BCUT2D eigenvalue weighted by Gasteiger charge is 2.20. The van der Waals surface area contributed by atoms with Gasteiger partial charge >= 0.3 is 0 Å². The van der Waals surface area contributed by atoms with E-state index in [4.69, 9.17) is 4.74 Å². The summed E-state index contributed by atoms with van der Waals surface area (Å²) in [7, 11) is -3.61. The molecule has 0 saturated carbocycles. The fraction of sp³-hybridized carbons (Fsp3) is 0.0370. The summed E-state index contributed by atoms with van der Waals surface area (Å²) in [6, 6.07) is 32.6. The Bertz CT molecular complexity index is 1540. The zero-order valence-corrected chi connectivity index (χ0v) is 18.9. The van der Waals surface area contributed by atoms with Gasteiger partial charge in [0, 0.05) is 11.8 Å². The summed E-state index contributed by atoms with van der Waals surface area (Å²) in [6.07, 6.45) is 0. The van der Waals surface area contributed by atoms with Gasteiger partial charge in [-0.3, -0.25) is 0 Å². The number of hydrogen-bond donors (Lipinski definition) is 1. The van der Waals surface area contributed by atoms with Crippen LogP contribution in [0.3, 0.4) is 0 Å². The number of benzene rings is 4. The van der Waals surface area contributed by atoms with Gasteiger partial charge < -0.3 is 10.1 Å². The summed E-state index contributed by atoms with van der Waals surface area (Å²) in [5.74, 6) is 1.47. The van der Waals surface area contributed by atoms with Crippen LogP contribution in [0.5, 0.6) is 11.5 Å². The minimum absolute atomic E-state index is 0.245. The number of ether oxygens (including phenoxy) is 1. The monoisotopic (exact) mass is 467 g/mol. The molecule has 0 radical (unpaired) electrons. The molecule has 0 aliphatic heterocycles. The van der Waals surface area contributed by atoms with Gasteiger partial charge in [-0.1, -0.05) is 54.6 Å². The molecule has 5 aromatic rings. The Hall–Kier alpha value is -4.23. The zero-order chi connectivity index (χ0) is 23.4. The van der Waals surface area contributed by atoms with Crippen LogP contribution in [0.25, 0.3) is 11.0 Å². The lowest BCUT2D eigenvalue weighted by molar-refractivity contribution is 0.483. The molecule has 1 aromatic heterocycles. The largest absolute Gasteiger partial charge is 0.457 e. The minimum atomic E-state index is -3.61. The number of hydrogen-bond acceptors (Lipinski definition) is 6. The highest BCUT2D eigenvalue weighted by molar-refractivity contribution is 7.90. The highest BCUT2D eigenvalue weighted by atomic mass is 32.2. The standard InChI is InChI=1S/C27H21N3O3S/c31-34(32,23-14-5-2-6-15-23)19-26-27(30-25-17-8-7-16-24(25)29-26)28-20-10-9-13-22(18-20)33-21-11-3-1-4-12-21/h1-18H,19H2,(H,28,30). The lowest BCUT2D eigenvalue weighted by Gasteiger charge is -2.13. The number of rotatable bonds is 7. The fourth-order valence-corrected chi connectivity index (χ4v) is 4.83.